The highest BCUT2D eigenvalue weighted by Gasteiger charge is 2.31. The van der Waals surface area contributed by atoms with Gasteiger partial charge in [0.15, 0.2) is 0 Å². The highest BCUT2D eigenvalue weighted by atomic mass is 19.4. The van der Waals surface area contributed by atoms with Gasteiger partial charge in [0, 0.05) is 5.69 Å². The minimum absolute atomic E-state index is 0.0565. The molecule has 1 aromatic heterocycles. The smallest absolute Gasteiger partial charge is 0.384 e. The third-order valence-corrected chi connectivity index (χ3v) is 2.29. The number of rotatable bonds is 2. The van der Waals surface area contributed by atoms with Crippen LogP contribution in [0.15, 0.2) is 36.4 Å². The largest absolute Gasteiger partial charge is 0.416 e. The van der Waals surface area contributed by atoms with E-state index in [9.17, 15) is 17.6 Å². The molecule has 0 saturated heterocycles. The van der Waals surface area contributed by atoms with Crippen LogP contribution in [0.1, 0.15) is 5.56 Å². The van der Waals surface area contributed by atoms with Crippen LogP contribution >= 0.6 is 0 Å². The molecule has 7 heteroatoms. The second-order valence-electron chi connectivity index (χ2n) is 3.80. The van der Waals surface area contributed by atoms with Gasteiger partial charge in [0.1, 0.15) is 17.5 Å². The summed E-state index contributed by atoms with van der Waals surface area (Å²) in [6.07, 6.45) is -4.50. The normalized spacial score (nSPS) is 11.4. The fourth-order valence-electron chi connectivity index (χ4n) is 1.46. The minimum atomic E-state index is -4.50. The van der Waals surface area contributed by atoms with E-state index in [0.29, 0.717) is 5.69 Å². The van der Waals surface area contributed by atoms with Crippen LogP contribution in [0, 0.1) is 5.82 Å². The molecule has 19 heavy (non-hydrogen) atoms. The topological polar surface area (TPSA) is 50.9 Å². The average molecular weight is 271 g/mol. The maximum atomic E-state index is 12.7. The average Bonchev–Trinajstić information content (AvgIpc) is 2.30. The van der Waals surface area contributed by atoms with Crippen molar-refractivity contribution in [3.05, 3.63) is 47.8 Å². The highest BCUT2D eigenvalue weighted by molar-refractivity contribution is 5.58. The van der Waals surface area contributed by atoms with Crippen molar-refractivity contribution in [1.82, 2.24) is 4.98 Å². The number of anilines is 3. The number of nitrogens with two attached hydrogens (primary N) is 1. The first kappa shape index (κ1) is 13.1. The molecule has 0 unspecified atom stereocenters. The standard InChI is InChI=1S/C12H9F4N3/c13-8-1-3-9(4-2-8)18-11-6-7(12(14,15)16)5-10(17)19-11/h1-6H,(H3,17,18,19). The molecule has 3 N–H and O–H groups in total. The number of benzene rings is 1. The molecule has 0 amide bonds. The number of halogens is 4. The quantitative estimate of drug-likeness (QED) is 0.821. The van der Waals surface area contributed by atoms with Crippen molar-refractivity contribution in [2.75, 3.05) is 11.1 Å². The molecule has 0 fully saturated rings. The summed E-state index contributed by atoms with van der Waals surface area (Å²) in [6.45, 7) is 0. The monoisotopic (exact) mass is 271 g/mol. The van der Waals surface area contributed by atoms with Gasteiger partial charge in [0.25, 0.3) is 0 Å². The van der Waals surface area contributed by atoms with Crippen molar-refractivity contribution in [3.8, 4) is 0 Å². The summed E-state index contributed by atoms with van der Waals surface area (Å²) in [5, 5.41) is 2.63. The molecule has 0 aliphatic heterocycles. The van der Waals surface area contributed by atoms with Crippen LogP contribution in [-0.2, 0) is 6.18 Å². The fourth-order valence-corrected chi connectivity index (χ4v) is 1.46. The third-order valence-electron chi connectivity index (χ3n) is 2.29. The van der Waals surface area contributed by atoms with Gasteiger partial charge in [-0.05, 0) is 36.4 Å². The summed E-state index contributed by atoms with van der Waals surface area (Å²) in [6, 6.07) is 6.70. The van der Waals surface area contributed by atoms with Gasteiger partial charge in [0.2, 0.25) is 0 Å². The number of nitrogen functional groups attached to an aromatic ring is 1. The summed E-state index contributed by atoms with van der Waals surface area (Å²) in [5.74, 6) is -0.750. The van der Waals surface area contributed by atoms with Crippen molar-refractivity contribution >= 4 is 17.3 Å². The number of nitrogens with one attached hydrogen (secondary N) is 1. The maximum Gasteiger partial charge on any atom is 0.416 e. The Hall–Kier alpha value is -2.31. The third kappa shape index (κ3) is 3.34. The number of hydrogen-bond acceptors (Lipinski definition) is 3. The lowest BCUT2D eigenvalue weighted by Gasteiger charge is -2.11. The van der Waals surface area contributed by atoms with Crippen LogP contribution in [0.3, 0.4) is 0 Å². The van der Waals surface area contributed by atoms with E-state index in [1.807, 2.05) is 0 Å². The van der Waals surface area contributed by atoms with Crippen molar-refractivity contribution in [2.45, 2.75) is 6.18 Å². The Balaban J connectivity index is 2.30. The van der Waals surface area contributed by atoms with E-state index in [1.54, 1.807) is 0 Å². The number of alkyl halides is 3. The number of nitrogens with zero attached hydrogens (tertiary/aromatic N) is 1. The zero-order valence-corrected chi connectivity index (χ0v) is 9.50. The van der Waals surface area contributed by atoms with Crippen LogP contribution in [0.5, 0.6) is 0 Å². The molecule has 3 nitrogen and oxygen atoms in total. The van der Waals surface area contributed by atoms with E-state index in [1.165, 1.54) is 24.3 Å². The van der Waals surface area contributed by atoms with Crippen molar-refractivity contribution in [3.63, 3.8) is 0 Å². The van der Waals surface area contributed by atoms with Gasteiger partial charge >= 0.3 is 6.18 Å². The molecular weight excluding hydrogens is 262 g/mol. The van der Waals surface area contributed by atoms with Crippen molar-refractivity contribution < 1.29 is 17.6 Å². The molecular formula is C12H9F4N3. The Labute approximate surface area is 106 Å². The lowest BCUT2D eigenvalue weighted by Crippen LogP contribution is -2.08. The Kier molecular flexibility index (Phi) is 3.28. The second kappa shape index (κ2) is 4.75. The van der Waals surface area contributed by atoms with E-state index in [2.05, 4.69) is 10.3 Å². The Morgan fingerprint density at radius 2 is 1.68 bits per heavy atom. The Morgan fingerprint density at radius 3 is 2.26 bits per heavy atom. The zero-order valence-electron chi connectivity index (χ0n) is 9.50. The molecule has 2 rings (SSSR count). The van der Waals surface area contributed by atoms with Crippen LogP contribution in [0.2, 0.25) is 0 Å². The summed E-state index contributed by atoms with van der Waals surface area (Å²) in [7, 11) is 0. The van der Waals surface area contributed by atoms with E-state index < -0.39 is 17.6 Å². The Morgan fingerprint density at radius 1 is 1.05 bits per heavy atom. The molecule has 0 aliphatic carbocycles. The zero-order chi connectivity index (χ0) is 14.0. The number of aromatic nitrogens is 1. The first-order chi connectivity index (χ1) is 8.84. The van der Waals surface area contributed by atoms with Crippen LogP contribution in [-0.4, -0.2) is 4.98 Å². The van der Waals surface area contributed by atoms with Crippen LogP contribution in [0.4, 0.5) is 34.9 Å². The van der Waals surface area contributed by atoms with Gasteiger partial charge in [-0.2, -0.15) is 13.2 Å². The molecule has 100 valence electrons. The van der Waals surface area contributed by atoms with Crippen LogP contribution < -0.4 is 11.1 Å². The van der Waals surface area contributed by atoms with Gasteiger partial charge in [0.05, 0.1) is 5.56 Å². The predicted octanol–water partition coefficient (Wildman–Crippen LogP) is 3.57. The lowest BCUT2D eigenvalue weighted by molar-refractivity contribution is -0.137. The molecule has 0 spiro atoms. The molecule has 0 saturated carbocycles. The van der Waals surface area contributed by atoms with Gasteiger partial charge in [-0.1, -0.05) is 0 Å². The summed E-state index contributed by atoms with van der Waals surface area (Å²) in [5.41, 5.74) is 4.83. The maximum absolute atomic E-state index is 12.7. The molecule has 1 heterocycles. The Bertz CT molecular complexity index is 579. The summed E-state index contributed by atoms with van der Waals surface area (Å²) in [4.78, 5) is 3.74. The molecule has 0 aliphatic rings. The molecule has 1 aromatic carbocycles. The second-order valence-corrected chi connectivity index (χ2v) is 3.80. The number of hydrogen-bond donors (Lipinski definition) is 2. The van der Waals surface area contributed by atoms with E-state index in [-0.39, 0.29) is 11.6 Å². The van der Waals surface area contributed by atoms with Crippen LogP contribution in [0.25, 0.3) is 0 Å². The van der Waals surface area contributed by atoms with Crippen molar-refractivity contribution in [2.24, 2.45) is 0 Å². The summed E-state index contributed by atoms with van der Waals surface area (Å²) >= 11 is 0. The first-order valence-electron chi connectivity index (χ1n) is 5.22. The fraction of sp³-hybridized carbons (Fsp3) is 0.0833. The van der Waals surface area contributed by atoms with Gasteiger partial charge < -0.3 is 11.1 Å². The van der Waals surface area contributed by atoms with E-state index in [0.717, 1.165) is 12.1 Å². The lowest BCUT2D eigenvalue weighted by atomic mass is 10.2. The molecule has 0 bridgehead atoms. The van der Waals surface area contributed by atoms with E-state index in [4.69, 9.17) is 5.73 Å². The highest BCUT2D eigenvalue weighted by Crippen LogP contribution is 2.32. The predicted molar refractivity (Wildman–Crippen MR) is 63.3 cm³/mol. The molecule has 2 aromatic rings. The summed E-state index contributed by atoms with van der Waals surface area (Å²) < 4.78 is 50.4. The minimum Gasteiger partial charge on any atom is -0.384 e. The molecule has 0 radical (unpaired) electrons. The number of pyridine rings is 1. The first-order valence-corrected chi connectivity index (χ1v) is 5.22. The van der Waals surface area contributed by atoms with Crippen molar-refractivity contribution in [1.29, 1.82) is 0 Å². The molecule has 0 atom stereocenters. The van der Waals surface area contributed by atoms with Gasteiger partial charge in [-0.15, -0.1) is 0 Å². The SMILES string of the molecule is Nc1cc(C(F)(F)F)cc(Nc2ccc(F)cc2)n1. The van der Waals surface area contributed by atoms with Gasteiger partial charge in [-0.25, -0.2) is 9.37 Å². The van der Waals surface area contributed by atoms with E-state index >= 15 is 0 Å². The van der Waals surface area contributed by atoms with Gasteiger partial charge in [-0.3, -0.25) is 0 Å².